The van der Waals surface area contributed by atoms with Gasteiger partial charge in [-0.15, -0.1) is 0 Å². The molecule has 0 bridgehead atoms. The van der Waals surface area contributed by atoms with Gasteiger partial charge in [0, 0.05) is 36.0 Å². The van der Waals surface area contributed by atoms with Gasteiger partial charge in [-0.1, -0.05) is 58.6 Å². The van der Waals surface area contributed by atoms with Gasteiger partial charge in [-0.3, -0.25) is 9.79 Å². The summed E-state index contributed by atoms with van der Waals surface area (Å²) in [5, 5.41) is 10.3. The summed E-state index contributed by atoms with van der Waals surface area (Å²) < 4.78 is 47.7. The Morgan fingerprint density at radius 1 is 1.11 bits per heavy atom. The van der Waals surface area contributed by atoms with Crippen LogP contribution in [-0.2, 0) is 9.53 Å². The number of rotatable bonds is 16. The summed E-state index contributed by atoms with van der Waals surface area (Å²) in [7, 11) is 0. The lowest BCUT2D eigenvalue weighted by Crippen LogP contribution is -2.29. The average Bonchev–Trinajstić information content (AvgIpc) is 2.80. The van der Waals surface area contributed by atoms with Crippen LogP contribution in [0.15, 0.2) is 64.6 Å². The SMILES string of the molecule is C=C(CCC(C)C)OC(C/C=C(\C/C=C/C(C)C(O)C(C)C(C)=O)C(F)(F)F)/C(C)=C/C(=C/C)N=C(C)C. The second-order valence-electron chi connectivity index (χ2n) is 10.6. The third-order valence-corrected chi connectivity index (χ3v) is 6.25. The molecule has 0 aliphatic carbocycles. The van der Waals surface area contributed by atoms with E-state index in [0.717, 1.165) is 17.7 Å². The van der Waals surface area contributed by atoms with Crippen molar-refractivity contribution in [2.45, 2.75) is 106 Å². The van der Waals surface area contributed by atoms with E-state index >= 15 is 0 Å². The van der Waals surface area contributed by atoms with Crippen LogP contribution >= 0.6 is 0 Å². The molecule has 0 aliphatic rings. The molecule has 0 saturated heterocycles. The van der Waals surface area contributed by atoms with Gasteiger partial charge in [0.2, 0.25) is 0 Å². The van der Waals surface area contributed by atoms with E-state index in [9.17, 15) is 23.1 Å². The minimum atomic E-state index is -4.52. The number of ether oxygens (including phenoxy) is 1. The Bertz CT molecular complexity index is 919. The Balaban J connectivity index is 5.95. The summed E-state index contributed by atoms with van der Waals surface area (Å²) in [5.74, 6) is -0.232. The number of aliphatic imine (C=N–C) groups is 1. The monoisotopic (exact) mass is 539 g/mol. The Morgan fingerprint density at radius 3 is 2.18 bits per heavy atom. The molecule has 0 heterocycles. The number of nitrogens with zero attached hydrogens (tertiary/aromatic N) is 1. The summed E-state index contributed by atoms with van der Waals surface area (Å²) in [6.45, 7) is 20.3. The highest BCUT2D eigenvalue weighted by Gasteiger charge is 2.33. The first kappa shape index (κ1) is 35.6. The normalized spacial score (nSPS) is 16.8. The molecule has 0 spiro atoms. The van der Waals surface area contributed by atoms with Crippen LogP contribution in [0, 0.1) is 17.8 Å². The van der Waals surface area contributed by atoms with E-state index in [0.29, 0.717) is 23.8 Å². The maximum Gasteiger partial charge on any atom is 0.412 e. The van der Waals surface area contributed by atoms with Crippen molar-refractivity contribution in [3.8, 4) is 0 Å². The van der Waals surface area contributed by atoms with Crippen LogP contribution in [0.2, 0.25) is 0 Å². The number of carbonyl (C=O) groups is 1. The zero-order valence-electron chi connectivity index (χ0n) is 24.7. The minimum Gasteiger partial charge on any atom is -0.491 e. The Morgan fingerprint density at radius 2 is 1.71 bits per heavy atom. The molecule has 4 atom stereocenters. The van der Waals surface area contributed by atoms with Crippen LogP contribution in [-0.4, -0.2) is 35.0 Å². The van der Waals surface area contributed by atoms with Gasteiger partial charge >= 0.3 is 6.18 Å². The molecule has 0 aromatic carbocycles. The number of hydrogen-bond acceptors (Lipinski definition) is 4. The zero-order valence-corrected chi connectivity index (χ0v) is 24.7. The molecule has 1 N–H and O–H groups in total. The van der Waals surface area contributed by atoms with Crippen LogP contribution < -0.4 is 0 Å². The van der Waals surface area contributed by atoms with E-state index in [2.05, 4.69) is 25.4 Å². The molecule has 0 aromatic heterocycles. The minimum absolute atomic E-state index is 0.0110. The van der Waals surface area contributed by atoms with Gasteiger partial charge in [0.25, 0.3) is 0 Å². The Hall–Kier alpha value is -2.41. The maximum atomic E-state index is 13.9. The number of aliphatic hydroxyl groups excluding tert-OH is 1. The molecule has 0 aliphatic heterocycles. The van der Waals surface area contributed by atoms with Crippen molar-refractivity contribution in [1.29, 1.82) is 0 Å². The fourth-order valence-electron chi connectivity index (χ4n) is 3.58. The highest BCUT2D eigenvalue weighted by Crippen LogP contribution is 2.31. The van der Waals surface area contributed by atoms with Gasteiger partial charge in [0.15, 0.2) is 0 Å². The summed E-state index contributed by atoms with van der Waals surface area (Å²) in [6, 6.07) is 0. The van der Waals surface area contributed by atoms with Crippen LogP contribution in [0.1, 0.15) is 88.0 Å². The van der Waals surface area contributed by atoms with Crippen molar-refractivity contribution < 1.29 is 27.8 Å². The lowest BCUT2D eigenvalue weighted by atomic mass is 9.90. The molecule has 0 aromatic rings. The molecule has 0 fully saturated rings. The molecule has 0 saturated carbocycles. The van der Waals surface area contributed by atoms with Crippen molar-refractivity contribution >= 4 is 11.5 Å². The fraction of sp³-hybridized carbons (Fsp3) is 0.613. The predicted molar refractivity (Wildman–Crippen MR) is 152 cm³/mol. The van der Waals surface area contributed by atoms with E-state index in [4.69, 9.17) is 4.74 Å². The largest absolute Gasteiger partial charge is 0.491 e. The third-order valence-electron chi connectivity index (χ3n) is 6.25. The van der Waals surface area contributed by atoms with Crippen molar-refractivity contribution in [2.24, 2.45) is 22.7 Å². The highest BCUT2D eigenvalue weighted by molar-refractivity contribution is 5.80. The Labute approximate surface area is 228 Å². The molecule has 7 heteroatoms. The highest BCUT2D eigenvalue weighted by atomic mass is 19.4. The van der Waals surface area contributed by atoms with Crippen LogP contribution in [0.5, 0.6) is 0 Å². The smallest absolute Gasteiger partial charge is 0.412 e. The number of ketones is 1. The van der Waals surface area contributed by atoms with Crippen molar-refractivity contribution in [3.05, 3.63) is 59.6 Å². The topological polar surface area (TPSA) is 58.9 Å². The lowest BCUT2D eigenvalue weighted by Gasteiger charge is -2.22. The van der Waals surface area contributed by atoms with Crippen molar-refractivity contribution in [1.82, 2.24) is 0 Å². The number of alkyl halides is 3. The van der Waals surface area contributed by atoms with Crippen molar-refractivity contribution in [3.63, 3.8) is 0 Å². The standard InChI is InChI=1S/C31H48F3NO3/c1-11-28(35-21(4)5)19-23(7)29(38-24(8)16-15-20(2)3)18-17-27(31(32,33)34)14-12-13-22(6)30(37)25(9)26(10)36/h11-13,17,19-20,22,25,29-30,37H,8,14-16,18H2,1-7,9-10H3/b13-12+,23-19+,27-17+,28-11-. The van der Waals surface area contributed by atoms with E-state index < -0.39 is 35.8 Å². The number of halogens is 3. The summed E-state index contributed by atoms with van der Waals surface area (Å²) in [5.41, 5.74) is 1.62. The number of aliphatic hydroxyl groups is 1. The number of hydrogen-bond donors (Lipinski definition) is 1. The molecule has 38 heavy (non-hydrogen) atoms. The predicted octanol–water partition coefficient (Wildman–Crippen LogP) is 8.70. The van der Waals surface area contributed by atoms with E-state index in [-0.39, 0.29) is 18.6 Å². The number of allylic oxidation sites excluding steroid dienone is 5. The number of carbonyl (C=O) groups excluding carboxylic acids is 1. The van der Waals surface area contributed by atoms with Crippen LogP contribution in [0.25, 0.3) is 0 Å². The Kier molecular flexibility index (Phi) is 16.1. The van der Waals surface area contributed by atoms with Gasteiger partial charge in [0.1, 0.15) is 11.9 Å². The molecule has 4 unspecified atom stereocenters. The summed E-state index contributed by atoms with van der Waals surface area (Å²) in [6.07, 6.45) is 2.82. The molecule has 0 rings (SSSR count). The van der Waals surface area contributed by atoms with E-state index in [1.165, 1.54) is 25.2 Å². The van der Waals surface area contributed by atoms with Gasteiger partial charge in [-0.05, 0) is 65.0 Å². The second-order valence-corrected chi connectivity index (χ2v) is 10.6. The molecule has 0 amide bonds. The van der Waals surface area contributed by atoms with Gasteiger partial charge < -0.3 is 9.84 Å². The fourth-order valence-corrected chi connectivity index (χ4v) is 3.58. The molecule has 0 radical (unpaired) electrons. The molecular formula is C31H48F3NO3. The van der Waals surface area contributed by atoms with Crippen LogP contribution in [0.3, 0.4) is 0 Å². The maximum absolute atomic E-state index is 13.9. The third kappa shape index (κ3) is 14.5. The quantitative estimate of drug-likeness (QED) is 0.0923. The second kappa shape index (κ2) is 17.2. The summed E-state index contributed by atoms with van der Waals surface area (Å²) in [4.78, 5) is 16.0. The summed E-state index contributed by atoms with van der Waals surface area (Å²) >= 11 is 0. The van der Waals surface area contributed by atoms with E-state index in [1.54, 1.807) is 13.8 Å². The van der Waals surface area contributed by atoms with E-state index in [1.807, 2.05) is 39.8 Å². The molecule has 4 nitrogen and oxygen atoms in total. The first-order chi connectivity index (χ1) is 17.5. The lowest BCUT2D eigenvalue weighted by molar-refractivity contribution is -0.124. The molecule has 216 valence electrons. The first-order valence-corrected chi connectivity index (χ1v) is 13.3. The first-order valence-electron chi connectivity index (χ1n) is 13.3. The van der Waals surface area contributed by atoms with Crippen molar-refractivity contribution in [2.75, 3.05) is 0 Å². The van der Waals surface area contributed by atoms with Gasteiger partial charge in [-0.25, -0.2) is 0 Å². The average molecular weight is 540 g/mol. The van der Waals surface area contributed by atoms with Crippen LogP contribution in [0.4, 0.5) is 13.2 Å². The number of Topliss-reactive ketones (excluding diaryl/α,β-unsaturated/α-hetero) is 1. The zero-order chi connectivity index (χ0) is 29.6. The van der Waals surface area contributed by atoms with Gasteiger partial charge in [0.05, 0.1) is 17.6 Å². The van der Waals surface area contributed by atoms with Gasteiger partial charge in [-0.2, -0.15) is 13.2 Å². The molecular weight excluding hydrogens is 491 g/mol.